The highest BCUT2D eigenvalue weighted by molar-refractivity contribution is 5.92. The molecule has 0 heterocycles. The fourth-order valence-corrected chi connectivity index (χ4v) is 9.81. The van der Waals surface area contributed by atoms with Crippen LogP contribution in [-0.4, -0.2) is 70.3 Å². The summed E-state index contributed by atoms with van der Waals surface area (Å²) < 4.78 is 5.27. The lowest BCUT2D eigenvalue weighted by Gasteiger charge is -2.58. The Hall–Kier alpha value is -3.86. The Morgan fingerprint density at radius 2 is 1.63 bits per heavy atom. The van der Waals surface area contributed by atoms with Crippen molar-refractivity contribution in [3.05, 3.63) is 47.5 Å². The van der Waals surface area contributed by atoms with Crippen molar-refractivity contribution in [2.45, 2.75) is 122 Å². The van der Waals surface area contributed by atoms with Gasteiger partial charge in [0.2, 0.25) is 17.6 Å². The Morgan fingerprint density at radius 1 is 0.882 bits per heavy atom. The van der Waals surface area contributed by atoms with Crippen LogP contribution in [0.3, 0.4) is 0 Å². The van der Waals surface area contributed by atoms with Crippen molar-refractivity contribution in [3.8, 4) is 0 Å². The van der Waals surface area contributed by atoms with Crippen molar-refractivity contribution in [1.82, 2.24) is 10.6 Å². The van der Waals surface area contributed by atoms with Crippen LogP contribution in [0.4, 0.5) is 0 Å². The number of carbonyl (C=O) groups is 6. The van der Waals surface area contributed by atoms with Gasteiger partial charge in [0.1, 0.15) is 11.6 Å². The molecule has 11 nitrogen and oxygen atoms in total. The van der Waals surface area contributed by atoms with Gasteiger partial charge in [-0.25, -0.2) is 4.79 Å². The van der Waals surface area contributed by atoms with Crippen LogP contribution in [0, 0.1) is 28.6 Å². The van der Waals surface area contributed by atoms with Crippen LogP contribution >= 0.6 is 0 Å². The molecule has 0 unspecified atom stereocenters. The molecule has 1 aromatic carbocycles. The molecule has 278 valence electrons. The second kappa shape index (κ2) is 16.2. The minimum Gasteiger partial charge on any atom is -0.480 e. The zero-order chi connectivity index (χ0) is 36.8. The number of aliphatic hydroxyl groups is 1. The standard InChI is InChI=1S/C40H54N2O9/c1-38-19-16-28(43)24-27(38)12-13-29-30(38)17-20-39(2)31(29)18-21-40(39,50)33(44)25-51-36(47)15-14-34(45)41-22-8-4-7-11-35(46)42-32(37(48)49)23-26-9-5-3-6-10-26/h3,5-6,9-10,24,29-32,50H,4,7-8,11-23,25H2,1-2H3,(H,41,45)(H,42,46)(H,48,49)/t29-,30-,31+,32-,38+,39+,40+/m1/s1. The number of nitrogens with one attached hydrogen (secondary N) is 2. The normalized spacial score (nSPS) is 30.1. The number of ketones is 2. The van der Waals surface area contributed by atoms with E-state index in [1.807, 2.05) is 43.3 Å². The highest BCUT2D eigenvalue weighted by Crippen LogP contribution is 2.67. The number of amides is 2. The largest absolute Gasteiger partial charge is 0.480 e. The molecule has 11 heteroatoms. The molecule has 3 fully saturated rings. The van der Waals surface area contributed by atoms with E-state index in [0.717, 1.165) is 37.7 Å². The molecular formula is C40H54N2O9. The van der Waals surface area contributed by atoms with E-state index in [9.17, 15) is 39.0 Å². The number of benzene rings is 1. The lowest BCUT2D eigenvalue weighted by Crippen LogP contribution is -2.58. The van der Waals surface area contributed by atoms with Crippen molar-refractivity contribution in [2.24, 2.45) is 28.6 Å². The first kappa shape index (κ1) is 38.4. The van der Waals surface area contributed by atoms with Crippen LogP contribution in [0.2, 0.25) is 0 Å². The first-order valence-corrected chi connectivity index (χ1v) is 18.7. The molecule has 4 aliphatic rings. The van der Waals surface area contributed by atoms with Crippen molar-refractivity contribution in [3.63, 3.8) is 0 Å². The lowest BCUT2D eigenvalue weighted by atomic mass is 9.46. The second-order valence-electron chi connectivity index (χ2n) is 15.7. The van der Waals surface area contributed by atoms with Crippen molar-refractivity contribution in [2.75, 3.05) is 13.2 Å². The number of carbonyl (C=O) groups excluding carboxylic acids is 5. The third-order valence-electron chi connectivity index (χ3n) is 12.8. The van der Waals surface area contributed by atoms with Gasteiger partial charge in [-0.1, -0.05) is 56.2 Å². The van der Waals surface area contributed by atoms with Crippen LogP contribution in [0.1, 0.15) is 109 Å². The molecule has 3 saturated carbocycles. The number of carboxylic acids is 1. The number of hydrogen-bond acceptors (Lipinski definition) is 8. The maximum absolute atomic E-state index is 13.5. The SMILES string of the molecule is C[C@]12CCC(=O)C=C1CC[C@@H]1[C@H]2CC[C@@]2(C)[C@H]1CC[C@]2(O)C(=O)COC(=O)CCC(=O)NCCCCCC(=O)N[C@H](Cc1ccccc1)C(=O)O. The number of allylic oxidation sites excluding steroid dienone is 1. The number of aliphatic carboxylic acids is 1. The monoisotopic (exact) mass is 706 g/mol. The fraction of sp³-hybridized carbons (Fsp3) is 0.650. The zero-order valence-electron chi connectivity index (χ0n) is 30.0. The summed E-state index contributed by atoms with van der Waals surface area (Å²) in [5.74, 6) is -1.69. The predicted molar refractivity (Wildman–Crippen MR) is 188 cm³/mol. The number of rotatable bonds is 16. The summed E-state index contributed by atoms with van der Waals surface area (Å²) in [4.78, 5) is 74.2. The molecule has 0 aliphatic heterocycles. The molecule has 1 aromatic rings. The lowest BCUT2D eigenvalue weighted by molar-refractivity contribution is -0.170. The van der Waals surface area contributed by atoms with Gasteiger partial charge in [0.05, 0.1) is 6.42 Å². The Bertz CT molecular complexity index is 1520. The highest BCUT2D eigenvalue weighted by atomic mass is 16.5. The topological polar surface area (TPSA) is 176 Å². The van der Waals surface area contributed by atoms with E-state index in [2.05, 4.69) is 17.6 Å². The summed E-state index contributed by atoms with van der Waals surface area (Å²) in [6.45, 7) is 4.17. The molecule has 0 saturated heterocycles. The van der Waals surface area contributed by atoms with Crippen molar-refractivity contribution < 1.29 is 43.7 Å². The van der Waals surface area contributed by atoms with Crippen LogP contribution in [0.15, 0.2) is 42.0 Å². The van der Waals surface area contributed by atoms with Gasteiger partial charge >= 0.3 is 11.9 Å². The molecule has 4 N–H and O–H groups in total. The number of unbranched alkanes of at least 4 members (excludes halogenated alkanes) is 2. The Morgan fingerprint density at radius 3 is 2.37 bits per heavy atom. The second-order valence-corrected chi connectivity index (χ2v) is 15.7. The van der Waals surface area contributed by atoms with Gasteiger partial charge in [-0.2, -0.15) is 0 Å². The average molecular weight is 707 g/mol. The smallest absolute Gasteiger partial charge is 0.326 e. The van der Waals surface area contributed by atoms with Gasteiger partial charge in [-0.05, 0) is 92.6 Å². The Balaban J connectivity index is 0.970. The van der Waals surface area contributed by atoms with E-state index in [1.165, 1.54) is 5.57 Å². The maximum Gasteiger partial charge on any atom is 0.326 e. The van der Waals surface area contributed by atoms with Gasteiger partial charge in [0.15, 0.2) is 12.4 Å². The van der Waals surface area contributed by atoms with Gasteiger partial charge in [-0.15, -0.1) is 0 Å². The molecular weight excluding hydrogens is 652 g/mol. The number of Topliss-reactive ketones (excluding diaryl/α,β-unsaturated/α-hetero) is 1. The molecule has 0 aromatic heterocycles. The molecule has 4 aliphatic carbocycles. The van der Waals surface area contributed by atoms with E-state index >= 15 is 0 Å². The Kier molecular flexibility index (Phi) is 12.2. The first-order chi connectivity index (χ1) is 24.3. The molecule has 5 rings (SSSR count). The van der Waals surface area contributed by atoms with Crippen molar-refractivity contribution in [1.29, 1.82) is 0 Å². The van der Waals surface area contributed by atoms with Gasteiger partial charge in [-0.3, -0.25) is 24.0 Å². The number of carboxylic acid groups (broad SMARTS) is 1. The van der Waals surface area contributed by atoms with E-state index in [-0.39, 0.29) is 54.6 Å². The van der Waals surface area contributed by atoms with Crippen LogP contribution < -0.4 is 10.6 Å². The minimum absolute atomic E-state index is 0.000793. The highest BCUT2D eigenvalue weighted by Gasteiger charge is 2.66. The summed E-state index contributed by atoms with van der Waals surface area (Å²) in [6, 6.07) is 8.09. The molecule has 0 bridgehead atoms. The van der Waals surface area contributed by atoms with Crippen LogP contribution in [0.5, 0.6) is 0 Å². The Labute approximate surface area is 300 Å². The van der Waals surface area contributed by atoms with Gasteiger partial charge in [0, 0.05) is 37.6 Å². The molecule has 7 atom stereocenters. The summed E-state index contributed by atoms with van der Waals surface area (Å²) in [6.07, 6.45) is 9.75. The number of fused-ring (bicyclic) bond motifs is 5. The summed E-state index contributed by atoms with van der Waals surface area (Å²) >= 11 is 0. The molecule has 0 radical (unpaired) electrons. The maximum atomic E-state index is 13.5. The van der Waals surface area contributed by atoms with E-state index in [1.54, 1.807) is 0 Å². The first-order valence-electron chi connectivity index (χ1n) is 18.7. The van der Waals surface area contributed by atoms with Gasteiger partial charge in [0.25, 0.3) is 0 Å². The quantitative estimate of drug-likeness (QED) is 0.141. The van der Waals surface area contributed by atoms with E-state index < -0.39 is 41.4 Å². The van der Waals surface area contributed by atoms with E-state index in [4.69, 9.17) is 4.74 Å². The third kappa shape index (κ3) is 8.45. The predicted octanol–water partition coefficient (Wildman–Crippen LogP) is 4.63. The average Bonchev–Trinajstić information content (AvgIpc) is 3.39. The minimum atomic E-state index is -1.57. The molecule has 51 heavy (non-hydrogen) atoms. The van der Waals surface area contributed by atoms with Crippen LogP contribution in [0.25, 0.3) is 0 Å². The fourth-order valence-electron chi connectivity index (χ4n) is 9.81. The third-order valence-corrected chi connectivity index (χ3v) is 12.8. The zero-order valence-corrected chi connectivity index (χ0v) is 30.0. The number of ether oxygens (including phenoxy) is 1. The summed E-state index contributed by atoms with van der Waals surface area (Å²) in [7, 11) is 0. The molecule has 2 amide bonds. The summed E-state index contributed by atoms with van der Waals surface area (Å²) in [5, 5.41) is 26.6. The van der Waals surface area contributed by atoms with E-state index in [0.29, 0.717) is 56.9 Å². The van der Waals surface area contributed by atoms with Gasteiger partial charge < -0.3 is 25.6 Å². The van der Waals surface area contributed by atoms with Crippen molar-refractivity contribution >= 4 is 35.3 Å². The molecule has 0 spiro atoms. The number of hydrogen-bond donors (Lipinski definition) is 4. The number of esters is 1. The summed E-state index contributed by atoms with van der Waals surface area (Å²) in [5.41, 5.74) is -0.0751. The van der Waals surface area contributed by atoms with Crippen LogP contribution in [-0.2, 0) is 39.9 Å².